The summed E-state index contributed by atoms with van der Waals surface area (Å²) in [4.78, 5) is 28.2. The summed E-state index contributed by atoms with van der Waals surface area (Å²) in [7, 11) is 1.58. The lowest BCUT2D eigenvalue weighted by molar-refractivity contribution is -0.137. The third-order valence-electron chi connectivity index (χ3n) is 4.94. The van der Waals surface area contributed by atoms with Gasteiger partial charge in [0.25, 0.3) is 5.91 Å². The quantitative estimate of drug-likeness (QED) is 0.843. The number of urea groups is 1. The van der Waals surface area contributed by atoms with Gasteiger partial charge in [0.1, 0.15) is 0 Å². The molecule has 0 bridgehead atoms. The van der Waals surface area contributed by atoms with Crippen molar-refractivity contribution >= 4 is 23.3 Å². The van der Waals surface area contributed by atoms with Crippen LogP contribution in [0, 0.1) is 0 Å². The minimum absolute atomic E-state index is 0.0359. The van der Waals surface area contributed by atoms with Crippen LogP contribution >= 0.6 is 11.3 Å². The second kappa shape index (κ2) is 6.66. The molecule has 2 aliphatic rings. The van der Waals surface area contributed by atoms with Crippen LogP contribution in [-0.2, 0) is 17.5 Å². The molecule has 0 aliphatic carbocycles. The summed E-state index contributed by atoms with van der Waals surface area (Å²) >= 11 is 1.46. The molecule has 1 aromatic carbocycles. The van der Waals surface area contributed by atoms with Gasteiger partial charge >= 0.3 is 12.2 Å². The molecule has 1 atom stereocenters. The fraction of sp³-hybridized carbons (Fsp3) is 0.263. The molecule has 0 spiro atoms. The highest BCUT2D eigenvalue weighted by molar-refractivity contribution is 7.08. The molecule has 0 radical (unpaired) electrons. The smallest absolute Gasteiger partial charge is 0.329 e. The zero-order valence-corrected chi connectivity index (χ0v) is 15.6. The topological polar surface area (TPSA) is 52.7 Å². The lowest BCUT2D eigenvalue weighted by atomic mass is 9.98. The molecule has 2 aliphatic heterocycles. The summed E-state index contributed by atoms with van der Waals surface area (Å²) in [6, 6.07) is 5.91. The van der Waals surface area contributed by atoms with E-state index in [9.17, 15) is 22.8 Å². The van der Waals surface area contributed by atoms with Crippen LogP contribution < -0.4 is 5.32 Å². The molecular formula is C19H16F3N3O2S. The average molecular weight is 407 g/mol. The summed E-state index contributed by atoms with van der Waals surface area (Å²) < 4.78 is 38.9. The van der Waals surface area contributed by atoms with E-state index in [0.717, 1.165) is 17.7 Å². The molecule has 3 heterocycles. The number of thiophene rings is 1. The van der Waals surface area contributed by atoms with Gasteiger partial charge in [-0.05, 0) is 40.1 Å². The molecule has 4 rings (SSSR count). The van der Waals surface area contributed by atoms with Gasteiger partial charge in [-0.2, -0.15) is 24.5 Å². The lowest BCUT2D eigenvalue weighted by Gasteiger charge is -2.30. The number of nitrogens with one attached hydrogen (secondary N) is 1. The first-order valence-electron chi connectivity index (χ1n) is 8.50. The van der Waals surface area contributed by atoms with E-state index >= 15 is 0 Å². The van der Waals surface area contributed by atoms with E-state index in [2.05, 4.69) is 5.32 Å². The maximum Gasteiger partial charge on any atom is 0.416 e. The average Bonchev–Trinajstić information content (AvgIpc) is 3.28. The van der Waals surface area contributed by atoms with Crippen molar-refractivity contribution in [3.8, 4) is 0 Å². The summed E-state index contributed by atoms with van der Waals surface area (Å²) in [5.41, 5.74) is 1.49. The van der Waals surface area contributed by atoms with Gasteiger partial charge in [-0.3, -0.25) is 9.69 Å². The van der Waals surface area contributed by atoms with E-state index in [1.54, 1.807) is 13.1 Å². The van der Waals surface area contributed by atoms with E-state index in [1.807, 2.05) is 16.8 Å². The normalized spacial score (nSPS) is 19.9. The highest BCUT2D eigenvalue weighted by atomic mass is 32.1. The first-order chi connectivity index (χ1) is 13.3. The van der Waals surface area contributed by atoms with Crippen LogP contribution in [0.3, 0.4) is 0 Å². The third-order valence-corrected chi connectivity index (χ3v) is 5.64. The van der Waals surface area contributed by atoms with E-state index < -0.39 is 17.8 Å². The molecule has 9 heteroatoms. The molecule has 2 aromatic rings. The van der Waals surface area contributed by atoms with Crippen molar-refractivity contribution in [2.75, 3.05) is 13.6 Å². The van der Waals surface area contributed by atoms with Crippen LogP contribution in [0.25, 0.3) is 0 Å². The molecule has 146 valence electrons. The Hall–Kier alpha value is -2.81. The zero-order chi connectivity index (χ0) is 20.1. The summed E-state index contributed by atoms with van der Waals surface area (Å²) in [6.07, 6.45) is -4.44. The van der Waals surface area contributed by atoms with Crippen molar-refractivity contribution in [2.24, 2.45) is 0 Å². The number of carbonyl (C=O) groups is 2. The van der Waals surface area contributed by atoms with Crippen molar-refractivity contribution in [3.63, 3.8) is 0 Å². The number of amides is 3. The van der Waals surface area contributed by atoms with Gasteiger partial charge in [-0.1, -0.05) is 12.1 Å². The predicted octanol–water partition coefficient (Wildman–Crippen LogP) is 3.76. The number of carbonyl (C=O) groups excluding carboxylic acids is 2. The standard InChI is InChI=1S/C19H16F3N3O2S/c1-24-14-9-25(8-11-3-2-4-13(7-11)19(20,21)22)17(26)15(14)16(23-18(24)27)12-5-6-28-10-12/h2-7,10,16H,8-9H2,1H3,(H,23,27). The predicted molar refractivity (Wildman–Crippen MR) is 97.2 cm³/mol. The fourth-order valence-electron chi connectivity index (χ4n) is 3.51. The van der Waals surface area contributed by atoms with E-state index in [1.165, 1.54) is 27.2 Å². The zero-order valence-electron chi connectivity index (χ0n) is 14.8. The third kappa shape index (κ3) is 3.15. The molecule has 1 unspecified atom stereocenters. The lowest BCUT2D eigenvalue weighted by Crippen LogP contribution is -2.45. The van der Waals surface area contributed by atoms with Gasteiger partial charge in [0.05, 0.1) is 29.4 Å². The Kier molecular flexibility index (Phi) is 4.41. The van der Waals surface area contributed by atoms with Crippen molar-refractivity contribution in [1.82, 2.24) is 15.1 Å². The van der Waals surface area contributed by atoms with Crippen molar-refractivity contribution < 1.29 is 22.8 Å². The molecular weight excluding hydrogens is 391 g/mol. The van der Waals surface area contributed by atoms with Crippen LogP contribution in [0.15, 0.2) is 52.4 Å². The second-order valence-corrected chi connectivity index (χ2v) is 7.50. The van der Waals surface area contributed by atoms with Gasteiger partial charge in [-0.25, -0.2) is 4.79 Å². The van der Waals surface area contributed by atoms with Crippen LogP contribution in [0.4, 0.5) is 18.0 Å². The molecule has 3 amide bonds. The van der Waals surface area contributed by atoms with E-state index in [-0.39, 0.29) is 25.0 Å². The number of hydrogen-bond acceptors (Lipinski definition) is 3. The summed E-state index contributed by atoms with van der Waals surface area (Å²) in [5.74, 6) is -0.282. The summed E-state index contributed by atoms with van der Waals surface area (Å²) in [6.45, 7) is 0.211. The highest BCUT2D eigenvalue weighted by Crippen LogP contribution is 2.37. The van der Waals surface area contributed by atoms with E-state index in [0.29, 0.717) is 16.8 Å². The van der Waals surface area contributed by atoms with Gasteiger partial charge in [0, 0.05) is 13.6 Å². The Morgan fingerprint density at radius 2 is 2.04 bits per heavy atom. The van der Waals surface area contributed by atoms with Gasteiger partial charge < -0.3 is 10.2 Å². The highest BCUT2D eigenvalue weighted by Gasteiger charge is 2.43. The minimum Gasteiger partial charge on any atom is -0.329 e. The monoisotopic (exact) mass is 407 g/mol. The molecule has 5 nitrogen and oxygen atoms in total. The minimum atomic E-state index is -4.44. The molecule has 1 aromatic heterocycles. The molecule has 0 saturated carbocycles. The Morgan fingerprint density at radius 1 is 1.25 bits per heavy atom. The Bertz CT molecular complexity index is 969. The maximum atomic E-state index is 13.1. The van der Waals surface area contributed by atoms with Gasteiger partial charge in [-0.15, -0.1) is 0 Å². The first kappa shape index (κ1) is 18.5. The molecule has 1 N–H and O–H groups in total. The number of hydrogen-bond donors (Lipinski definition) is 1. The SMILES string of the molecule is CN1C(=O)NC(c2ccsc2)C2=C1CN(Cc1cccc(C(F)(F)F)c1)C2=O. The van der Waals surface area contributed by atoms with Crippen molar-refractivity contribution in [3.05, 3.63) is 69.1 Å². The second-order valence-electron chi connectivity index (χ2n) is 6.72. The molecule has 0 saturated heterocycles. The van der Waals surface area contributed by atoms with Crippen LogP contribution in [0.2, 0.25) is 0 Å². The maximum absolute atomic E-state index is 13.1. The number of rotatable bonds is 3. The fourth-order valence-corrected chi connectivity index (χ4v) is 4.19. The van der Waals surface area contributed by atoms with Crippen molar-refractivity contribution in [1.29, 1.82) is 0 Å². The van der Waals surface area contributed by atoms with Crippen LogP contribution in [-0.4, -0.2) is 35.3 Å². The van der Waals surface area contributed by atoms with Gasteiger partial charge in [0.15, 0.2) is 0 Å². The van der Waals surface area contributed by atoms with Gasteiger partial charge in [0.2, 0.25) is 0 Å². The number of likely N-dealkylation sites (N-methyl/N-ethyl adjacent to an activating group) is 1. The Morgan fingerprint density at radius 3 is 2.71 bits per heavy atom. The number of nitrogens with zero attached hydrogens (tertiary/aromatic N) is 2. The first-order valence-corrected chi connectivity index (χ1v) is 9.45. The van der Waals surface area contributed by atoms with Crippen LogP contribution in [0.5, 0.6) is 0 Å². The van der Waals surface area contributed by atoms with Crippen LogP contribution in [0.1, 0.15) is 22.7 Å². The summed E-state index contributed by atoms with van der Waals surface area (Å²) in [5, 5.41) is 6.55. The number of alkyl halides is 3. The largest absolute Gasteiger partial charge is 0.416 e. The molecule has 28 heavy (non-hydrogen) atoms. The Balaban J connectivity index is 1.62. The number of benzene rings is 1. The number of halogens is 3. The van der Waals surface area contributed by atoms with Crippen molar-refractivity contribution in [2.45, 2.75) is 18.8 Å². The van der Waals surface area contributed by atoms with E-state index in [4.69, 9.17) is 0 Å². The Labute approximate surface area is 163 Å². The molecule has 0 fully saturated rings.